The summed E-state index contributed by atoms with van der Waals surface area (Å²) >= 11 is 0. The highest BCUT2D eigenvalue weighted by atomic mass is 19.1. The molecule has 1 unspecified atom stereocenters. The molecule has 0 bridgehead atoms. The molecule has 0 amide bonds. The normalized spacial score (nSPS) is 25.2. The van der Waals surface area contributed by atoms with Crippen LogP contribution in [0.2, 0.25) is 0 Å². The zero-order valence-electron chi connectivity index (χ0n) is 15.3. The van der Waals surface area contributed by atoms with Gasteiger partial charge in [0, 0.05) is 25.5 Å². The molecule has 2 aliphatic heterocycles. The zero-order valence-corrected chi connectivity index (χ0v) is 15.3. The number of halogens is 1. The Bertz CT molecular complexity index is 952. The zero-order chi connectivity index (χ0) is 18.9. The Morgan fingerprint density at radius 3 is 3.14 bits per heavy atom. The highest BCUT2D eigenvalue weighted by molar-refractivity contribution is 5.82. The Morgan fingerprint density at radius 1 is 1.32 bits per heavy atom. The molecule has 2 fully saturated rings. The lowest BCUT2D eigenvalue weighted by molar-refractivity contribution is 0.0722. The number of nitrogens with zero attached hydrogens (tertiary/aromatic N) is 4. The monoisotopic (exact) mass is 387 g/mol. The SMILES string of the molecule is F[C@@H]1CCNC[C@@H]1Oc1nc(Nc2cnn(C3CCOC3)c2)nc2[nH]ccc12. The maximum absolute atomic E-state index is 14.2. The summed E-state index contributed by atoms with van der Waals surface area (Å²) in [5.41, 5.74) is 1.40. The van der Waals surface area contributed by atoms with E-state index in [0.717, 1.165) is 24.1 Å². The number of rotatable bonds is 5. The van der Waals surface area contributed by atoms with Crippen LogP contribution in [0.3, 0.4) is 0 Å². The fourth-order valence-electron chi connectivity index (χ4n) is 3.58. The molecule has 0 aliphatic carbocycles. The van der Waals surface area contributed by atoms with Crippen molar-refractivity contribution < 1.29 is 13.9 Å². The van der Waals surface area contributed by atoms with Crippen LogP contribution in [0.1, 0.15) is 18.9 Å². The largest absolute Gasteiger partial charge is 0.469 e. The molecule has 0 spiro atoms. The number of alkyl halides is 1. The van der Waals surface area contributed by atoms with Gasteiger partial charge >= 0.3 is 0 Å². The predicted octanol–water partition coefficient (Wildman–Crippen LogP) is 1.94. The highest BCUT2D eigenvalue weighted by Crippen LogP contribution is 2.27. The molecule has 3 aromatic rings. The van der Waals surface area contributed by atoms with Gasteiger partial charge in [0.1, 0.15) is 17.9 Å². The van der Waals surface area contributed by atoms with Gasteiger partial charge in [-0.1, -0.05) is 0 Å². The molecule has 3 N–H and O–H groups in total. The topological polar surface area (TPSA) is 102 Å². The van der Waals surface area contributed by atoms with E-state index < -0.39 is 12.3 Å². The number of anilines is 2. The molecule has 2 aliphatic rings. The lowest BCUT2D eigenvalue weighted by Gasteiger charge is -2.27. The average molecular weight is 387 g/mol. The summed E-state index contributed by atoms with van der Waals surface area (Å²) in [6.07, 6.45) is 5.19. The van der Waals surface area contributed by atoms with Gasteiger partial charge in [-0.05, 0) is 25.5 Å². The summed E-state index contributed by atoms with van der Waals surface area (Å²) in [4.78, 5) is 12.0. The quantitative estimate of drug-likeness (QED) is 0.615. The van der Waals surface area contributed by atoms with Crippen molar-refractivity contribution in [1.82, 2.24) is 30.0 Å². The van der Waals surface area contributed by atoms with Gasteiger partial charge in [-0.2, -0.15) is 15.1 Å². The lowest BCUT2D eigenvalue weighted by atomic mass is 10.1. The van der Waals surface area contributed by atoms with Gasteiger partial charge in [-0.15, -0.1) is 0 Å². The second-order valence-corrected chi connectivity index (χ2v) is 7.11. The summed E-state index contributed by atoms with van der Waals surface area (Å²) in [7, 11) is 0. The van der Waals surface area contributed by atoms with Crippen molar-refractivity contribution in [2.24, 2.45) is 0 Å². The van der Waals surface area contributed by atoms with E-state index >= 15 is 0 Å². The third-order valence-electron chi connectivity index (χ3n) is 5.13. The molecule has 148 valence electrons. The summed E-state index contributed by atoms with van der Waals surface area (Å²) in [6, 6.07) is 2.08. The van der Waals surface area contributed by atoms with E-state index in [1.807, 2.05) is 16.9 Å². The first kappa shape index (κ1) is 17.4. The van der Waals surface area contributed by atoms with E-state index in [2.05, 4.69) is 30.7 Å². The minimum Gasteiger partial charge on any atom is -0.469 e. The predicted molar refractivity (Wildman–Crippen MR) is 101 cm³/mol. The molecule has 28 heavy (non-hydrogen) atoms. The number of hydrogen-bond donors (Lipinski definition) is 3. The molecule has 0 saturated carbocycles. The number of aromatic nitrogens is 5. The van der Waals surface area contributed by atoms with Crippen LogP contribution in [0.5, 0.6) is 5.88 Å². The van der Waals surface area contributed by atoms with E-state index in [1.54, 1.807) is 12.4 Å². The van der Waals surface area contributed by atoms with Crippen LogP contribution in [-0.4, -0.2) is 63.3 Å². The van der Waals surface area contributed by atoms with Crippen molar-refractivity contribution in [1.29, 1.82) is 0 Å². The van der Waals surface area contributed by atoms with E-state index in [1.165, 1.54) is 0 Å². The number of hydrogen-bond acceptors (Lipinski definition) is 7. The average Bonchev–Trinajstić information content (AvgIpc) is 3.44. The molecule has 0 aromatic carbocycles. The Balaban J connectivity index is 1.39. The summed E-state index contributed by atoms with van der Waals surface area (Å²) in [5, 5.41) is 11.4. The second-order valence-electron chi connectivity index (χ2n) is 7.11. The first-order valence-corrected chi connectivity index (χ1v) is 9.52. The minimum atomic E-state index is -1.02. The number of ether oxygens (including phenoxy) is 2. The summed E-state index contributed by atoms with van der Waals surface area (Å²) < 4.78 is 27.4. The molecule has 3 aromatic heterocycles. The van der Waals surface area contributed by atoms with E-state index in [0.29, 0.717) is 43.6 Å². The highest BCUT2D eigenvalue weighted by Gasteiger charge is 2.28. The summed E-state index contributed by atoms with van der Waals surface area (Å²) in [5.74, 6) is 0.730. The summed E-state index contributed by atoms with van der Waals surface area (Å²) in [6.45, 7) is 2.54. The molecule has 9 nitrogen and oxygen atoms in total. The minimum absolute atomic E-state index is 0.251. The van der Waals surface area contributed by atoms with Crippen molar-refractivity contribution in [3.63, 3.8) is 0 Å². The van der Waals surface area contributed by atoms with Crippen molar-refractivity contribution in [2.45, 2.75) is 31.2 Å². The van der Waals surface area contributed by atoms with Crippen LogP contribution in [0.15, 0.2) is 24.7 Å². The van der Waals surface area contributed by atoms with E-state index in [-0.39, 0.29) is 6.04 Å². The molecule has 5 rings (SSSR count). The Labute approximate surface area is 160 Å². The molecule has 0 radical (unpaired) electrons. The smallest absolute Gasteiger partial charge is 0.232 e. The van der Waals surface area contributed by atoms with Crippen molar-refractivity contribution in [3.05, 3.63) is 24.7 Å². The molecular weight excluding hydrogens is 365 g/mol. The number of H-pyrrole nitrogens is 1. The number of nitrogens with one attached hydrogen (secondary N) is 3. The molecule has 5 heterocycles. The Morgan fingerprint density at radius 2 is 2.29 bits per heavy atom. The van der Waals surface area contributed by atoms with Crippen LogP contribution in [0.25, 0.3) is 11.0 Å². The molecule has 2 saturated heterocycles. The Hall–Kier alpha value is -2.72. The third kappa shape index (κ3) is 3.40. The third-order valence-corrected chi connectivity index (χ3v) is 5.13. The van der Waals surface area contributed by atoms with Crippen LogP contribution in [-0.2, 0) is 4.74 Å². The first-order valence-electron chi connectivity index (χ1n) is 9.52. The Kier molecular flexibility index (Phi) is 4.57. The van der Waals surface area contributed by atoms with Gasteiger partial charge in [0.15, 0.2) is 0 Å². The van der Waals surface area contributed by atoms with E-state index in [9.17, 15) is 4.39 Å². The van der Waals surface area contributed by atoms with Gasteiger partial charge < -0.3 is 25.1 Å². The van der Waals surface area contributed by atoms with Crippen LogP contribution in [0.4, 0.5) is 16.0 Å². The van der Waals surface area contributed by atoms with Crippen molar-refractivity contribution in [2.75, 3.05) is 31.6 Å². The number of fused-ring (bicyclic) bond motifs is 1. The lowest BCUT2D eigenvalue weighted by Crippen LogP contribution is -2.45. The standard InChI is InChI=1S/C18H22FN7O2/c19-14-2-4-20-8-15(14)28-17-13-1-5-21-16(13)24-18(25-17)23-11-7-22-26(9-11)12-3-6-27-10-12/h1,5,7,9,12,14-15,20H,2-4,6,8,10H2,(H2,21,23,24,25)/t12?,14-,15+/m1/s1. The van der Waals surface area contributed by atoms with Crippen LogP contribution < -0.4 is 15.4 Å². The number of aromatic amines is 1. The van der Waals surface area contributed by atoms with Crippen molar-refractivity contribution in [3.8, 4) is 5.88 Å². The van der Waals surface area contributed by atoms with Gasteiger partial charge in [0.2, 0.25) is 11.8 Å². The molecule has 3 atom stereocenters. The second kappa shape index (κ2) is 7.36. The van der Waals surface area contributed by atoms with Gasteiger partial charge in [-0.25, -0.2) is 4.39 Å². The number of piperidine rings is 1. The fraction of sp³-hybridized carbons (Fsp3) is 0.500. The molecular formula is C18H22FN7O2. The van der Waals surface area contributed by atoms with Crippen LogP contribution >= 0.6 is 0 Å². The maximum atomic E-state index is 14.2. The molecule has 10 heteroatoms. The van der Waals surface area contributed by atoms with Gasteiger partial charge in [0.25, 0.3) is 0 Å². The first-order chi connectivity index (χ1) is 13.8. The van der Waals surface area contributed by atoms with Gasteiger partial charge in [0.05, 0.1) is 29.9 Å². The van der Waals surface area contributed by atoms with Gasteiger partial charge in [-0.3, -0.25) is 4.68 Å². The maximum Gasteiger partial charge on any atom is 0.232 e. The van der Waals surface area contributed by atoms with Crippen LogP contribution in [0, 0.1) is 0 Å². The van der Waals surface area contributed by atoms with Crippen molar-refractivity contribution >= 4 is 22.7 Å². The van der Waals surface area contributed by atoms with E-state index in [4.69, 9.17) is 9.47 Å². The fourth-order valence-corrected chi connectivity index (χ4v) is 3.58.